The first kappa shape index (κ1) is 12.8. The maximum Gasteiger partial charge on any atom is 0.141 e. The molecule has 1 nitrogen and oxygen atoms in total. The van der Waals surface area contributed by atoms with Crippen LogP contribution in [-0.4, -0.2) is 0 Å². The van der Waals surface area contributed by atoms with Gasteiger partial charge in [0.1, 0.15) is 11.6 Å². The molecule has 0 saturated carbocycles. The number of hydrogen-bond donors (Lipinski definition) is 1. The van der Waals surface area contributed by atoms with Crippen LogP contribution in [-0.2, 0) is 6.54 Å². The molecule has 94 valence electrons. The molecule has 0 amide bonds. The third-order valence-electron chi connectivity index (χ3n) is 2.60. The zero-order valence-electron chi connectivity index (χ0n) is 9.81. The maximum atomic E-state index is 13.5. The van der Waals surface area contributed by atoms with Gasteiger partial charge in [-0.25, -0.2) is 8.78 Å². The van der Waals surface area contributed by atoms with Crippen molar-refractivity contribution in [3.63, 3.8) is 0 Å². The van der Waals surface area contributed by atoms with E-state index in [-0.39, 0.29) is 10.8 Å². The van der Waals surface area contributed by atoms with Crippen molar-refractivity contribution in [1.82, 2.24) is 0 Å². The Morgan fingerprint density at radius 1 is 1.06 bits per heavy atom. The van der Waals surface area contributed by atoms with Crippen LogP contribution in [0, 0.1) is 18.6 Å². The molecule has 1 N–H and O–H groups in total. The molecule has 2 aromatic rings. The van der Waals surface area contributed by atoms with Crippen LogP contribution in [0.4, 0.5) is 14.5 Å². The number of nitrogens with one attached hydrogen (secondary N) is 1. The fourth-order valence-corrected chi connectivity index (χ4v) is 1.82. The van der Waals surface area contributed by atoms with Crippen LogP contribution < -0.4 is 5.32 Å². The molecule has 18 heavy (non-hydrogen) atoms. The van der Waals surface area contributed by atoms with Crippen LogP contribution in [0.1, 0.15) is 11.1 Å². The Bertz CT molecular complexity index is 570. The van der Waals surface area contributed by atoms with Crippen LogP contribution in [0.2, 0.25) is 5.02 Å². The summed E-state index contributed by atoms with van der Waals surface area (Å²) < 4.78 is 26.4. The number of anilines is 1. The minimum absolute atomic E-state index is 0.0460. The second-order valence-corrected chi connectivity index (χ2v) is 4.48. The van der Waals surface area contributed by atoms with Crippen molar-refractivity contribution in [2.75, 3.05) is 5.32 Å². The summed E-state index contributed by atoms with van der Waals surface area (Å²) in [5, 5.41) is 3.05. The van der Waals surface area contributed by atoms with Gasteiger partial charge in [-0.15, -0.1) is 0 Å². The Kier molecular flexibility index (Phi) is 3.82. The van der Waals surface area contributed by atoms with Gasteiger partial charge < -0.3 is 5.32 Å². The van der Waals surface area contributed by atoms with Crippen LogP contribution >= 0.6 is 11.6 Å². The first-order valence-corrected chi connectivity index (χ1v) is 5.88. The van der Waals surface area contributed by atoms with Crippen molar-refractivity contribution in [2.24, 2.45) is 0 Å². The Labute approximate surface area is 109 Å². The lowest BCUT2D eigenvalue weighted by Gasteiger charge is -2.09. The van der Waals surface area contributed by atoms with Crippen molar-refractivity contribution in [2.45, 2.75) is 13.5 Å². The predicted octanol–water partition coefficient (Wildman–Crippen LogP) is 4.54. The van der Waals surface area contributed by atoms with E-state index in [2.05, 4.69) is 5.32 Å². The van der Waals surface area contributed by atoms with E-state index in [1.54, 1.807) is 18.2 Å². The third-order valence-corrected chi connectivity index (χ3v) is 2.89. The normalized spacial score (nSPS) is 10.4. The molecule has 0 radical (unpaired) electrons. The quantitative estimate of drug-likeness (QED) is 0.861. The minimum atomic E-state index is -0.469. The molecule has 0 heterocycles. The van der Waals surface area contributed by atoms with Crippen molar-refractivity contribution < 1.29 is 8.78 Å². The molecule has 0 saturated heterocycles. The van der Waals surface area contributed by atoms with E-state index in [1.807, 2.05) is 6.92 Å². The van der Waals surface area contributed by atoms with Crippen molar-refractivity contribution in [3.8, 4) is 0 Å². The van der Waals surface area contributed by atoms with Crippen LogP contribution in [0.3, 0.4) is 0 Å². The molecular weight excluding hydrogens is 256 g/mol. The molecule has 0 fully saturated rings. The fraction of sp³-hybridized carbons (Fsp3) is 0.143. The van der Waals surface area contributed by atoms with Gasteiger partial charge in [0.15, 0.2) is 0 Å². The highest BCUT2D eigenvalue weighted by Crippen LogP contribution is 2.20. The monoisotopic (exact) mass is 267 g/mol. The molecule has 2 aromatic carbocycles. The third kappa shape index (κ3) is 2.99. The van der Waals surface area contributed by atoms with Crippen molar-refractivity contribution >= 4 is 17.3 Å². The van der Waals surface area contributed by atoms with E-state index in [0.717, 1.165) is 5.56 Å². The van der Waals surface area contributed by atoms with Crippen molar-refractivity contribution in [3.05, 3.63) is 64.2 Å². The topological polar surface area (TPSA) is 12.0 Å². The second-order valence-electron chi connectivity index (χ2n) is 4.08. The van der Waals surface area contributed by atoms with Gasteiger partial charge in [0.05, 0.1) is 5.02 Å². The summed E-state index contributed by atoms with van der Waals surface area (Å²) >= 11 is 5.66. The molecule has 0 spiro atoms. The standard InChI is InChI=1S/C14H12ClF2N/c1-9-2-4-13(16)10(6-9)8-18-11-3-5-14(17)12(15)7-11/h2-7,18H,8H2,1H3. The van der Waals surface area contributed by atoms with Gasteiger partial charge in [-0.3, -0.25) is 0 Å². The summed E-state index contributed by atoms with van der Waals surface area (Å²) in [5.41, 5.74) is 2.21. The van der Waals surface area contributed by atoms with Gasteiger partial charge >= 0.3 is 0 Å². The summed E-state index contributed by atoms with van der Waals surface area (Å²) in [7, 11) is 0. The Balaban J connectivity index is 2.11. The highest BCUT2D eigenvalue weighted by Gasteiger charge is 2.04. The smallest absolute Gasteiger partial charge is 0.141 e. The molecular formula is C14H12ClF2N. The fourth-order valence-electron chi connectivity index (χ4n) is 1.64. The zero-order valence-corrected chi connectivity index (χ0v) is 10.6. The van der Waals surface area contributed by atoms with E-state index < -0.39 is 5.82 Å². The summed E-state index contributed by atoms with van der Waals surface area (Å²) in [6.45, 7) is 2.23. The highest BCUT2D eigenvalue weighted by molar-refractivity contribution is 6.31. The molecule has 2 rings (SSSR count). The van der Waals surface area contributed by atoms with E-state index in [1.165, 1.54) is 18.2 Å². The molecule has 4 heteroatoms. The molecule has 0 bridgehead atoms. The number of aryl methyl sites for hydroxylation is 1. The largest absolute Gasteiger partial charge is 0.381 e. The molecule has 0 aliphatic carbocycles. The van der Waals surface area contributed by atoms with E-state index in [0.29, 0.717) is 17.8 Å². The van der Waals surface area contributed by atoms with Gasteiger partial charge in [0, 0.05) is 17.8 Å². The number of rotatable bonds is 3. The summed E-state index contributed by atoms with van der Waals surface area (Å²) in [6.07, 6.45) is 0. The molecule has 0 aromatic heterocycles. The second kappa shape index (κ2) is 5.36. The maximum absolute atomic E-state index is 13.5. The van der Waals surface area contributed by atoms with Gasteiger partial charge in [-0.2, -0.15) is 0 Å². The zero-order chi connectivity index (χ0) is 13.1. The SMILES string of the molecule is Cc1ccc(F)c(CNc2ccc(F)c(Cl)c2)c1. The molecule has 0 aliphatic heterocycles. The number of benzene rings is 2. The van der Waals surface area contributed by atoms with Crippen LogP contribution in [0.15, 0.2) is 36.4 Å². The number of hydrogen-bond acceptors (Lipinski definition) is 1. The van der Waals surface area contributed by atoms with E-state index in [4.69, 9.17) is 11.6 Å². The van der Waals surface area contributed by atoms with Crippen LogP contribution in [0.5, 0.6) is 0 Å². The summed E-state index contributed by atoms with van der Waals surface area (Å²) in [6, 6.07) is 9.24. The molecule has 0 unspecified atom stereocenters. The average Bonchev–Trinajstić information content (AvgIpc) is 2.34. The minimum Gasteiger partial charge on any atom is -0.381 e. The summed E-state index contributed by atoms with van der Waals surface area (Å²) in [4.78, 5) is 0. The highest BCUT2D eigenvalue weighted by atomic mass is 35.5. The van der Waals surface area contributed by atoms with Crippen molar-refractivity contribution in [1.29, 1.82) is 0 Å². The van der Waals surface area contributed by atoms with E-state index >= 15 is 0 Å². The lowest BCUT2D eigenvalue weighted by atomic mass is 10.1. The first-order chi connectivity index (χ1) is 8.56. The molecule has 0 aliphatic rings. The Hall–Kier alpha value is -1.61. The summed E-state index contributed by atoms with van der Waals surface area (Å²) in [5.74, 6) is -0.731. The Morgan fingerprint density at radius 3 is 2.50 bits per heavy atom. The van der Waals surface area contributed by atoms with Gasteiger partial charge in [0.2, 0.25) is 0 Å². The first-order valence-electron chi connectivity index (χ1n) is 5.50. The lowest BCUT2D eigenvalue weighted by Crippen LogP contribution is -2.02. The lowest BCUT2D eigenvalue weighted by molar-refractivity contribution is 0.612. The van der Waals surface area contributed by atoms with Crippen LogP contribution in [0.25, 0.3) is 0 Å². The van der Waals surface area contributed by atoms with Gasteiger partial charge in [0.25, 0.3) is 0 Å². The average molecular weight is 268 g/mol. The van der Waals surface area contributed by atoms with E-state index in [9.17, 15) is 8.78 Å². The molecule has 0 atom stereocenters. The Morgan fingerprint density at radius 2 is 1.78 bits per heavy atom. The van der Waals surface area contributed by atoms with Gasteiger partial charge in [-0.05, 0) is 31.2 Å². The number of halogens is 3. The van der Waals surface area contributed by atoms with Gasteiger partial charge in [-0.1, -0.05) is 29.3 Å². The predicted molar refractivity (Wildman–Crippen MR) is 69.9 cm³/mol.